The average molecular weight is 311 g/mol. The van der Waals surface area contributed by atoms with Crippen molar-refractivity contribution in [3.63, 3.8) is 0 Å². The summed E-state index contributed by atoms with van der Waals surface area (Å²) in [6, 6.07) is 4.89. The number of hydrogen-bond acceptors (Lipinski definition) is 3. The van der Waals surface area contributed by atoms with Crippen LogP contribution >= 0.6 is 11.3 Å². The molecule has 0 bridgehead atoms. The summed E-state index contributed by atoms with van der Waals surface area (Å²) in [7, 11) is 3.95. The molecule has 0 saturated heterocycles. The Balaban J connectivity index is 2.33. The topological polar surface area (TPSA) is 30.9 Å². The van der Waals surface area contributed by atoms with Gasteiger partial charge in [0.2, 0.25) is 0 Å². The van der Waals surface area contributed by atoms with Crippen LogP contribution in [0.25, 0.3) is 0 Å². The molecule has 1 heterocycles. The van der Waals surface area contributed by atoms with Crippen molar-refractivity contribution in [3.8, 4) is 0 Å². The lowest BCUT2D eigenvalue weighted by Crippen LogP contribution is -2.44. The van der Waals surface area contributed by atoms with Crippen molar-refractivity contribution in [1.82, 2.24) is 15.1 Å². The van der Waals surface area contributed by atoms with Gasteiger partial charge in [-0.15, -0.1) is 11.3 Å². The minimum atomic E-state index is 0.593. The Morgan fingerprint density at radius 2 is 2.14 bits per heavy atom. The van der Waals surface area contributed by atoms with E-state index in [4.69, 9.17) is 0 Å². The van der Waals surface area contributed by atoms with Crippen LogP contribution in [0, 0.1) is 0 Å². The zero-order valence-electron chi connectivity index (χ0n) is 14.1. The van der Waals surface area contributed by atoms with Crippen molar-refractivity contribution >= 4 is 17.3 Å². The van der Waals surface area contributed by atoms with Gasteiger partial charge in [-0.05, 0) is 38.3 Å². The summed E-state index contributed by atoms with van der Waals surface area (Å²) in [5.74, 6) is 0.978. The molecule has 0 fully saturated rings. The standard InChI is InChI=1S/C16H30N4S/c1-6-20(14(2)3)12-10-18-16(17-4)19(5)11-9-15-8-7-13-21-15/h7-8,13-14H,6,9-12H2,1-5H3,(H,17,18). The number of nitrogens with zero attached hydrogens (tertiary/aromatic N) is 3. The molecular formula is C16H30N4S. The molecule has 1 rings (SSSR count). The molecule has 0 aliphatic carbocycles. The lowest BCUT2D eigenvalue weighted by atomic mass is 10.3. The maximum Gasteiger partial charge on any atom is 0.193 e. The van der Waals surface area contributed by atoms with E-state index in [9.17, 15) is 0 Å². The van der Waals surface area contributed by atoms with E-state index >= 15 is 0 Å². The Morgan fingerprint density at radius 1 is 1.38 bits per heavy atom. The highest BCUT2D eigenvalue weighted by Gasteiger charge is 2.09. The van der Waals surface area contributed by atoms with Gasteiger partial charge >= 0.3 is 0 Å². The van der Waals surface area contributed by atoms with Gasteiger partial charge in [0.15, 0.2) is 5.96 Å². The van der Waals surface area contributed by atoms with E-state index in [1.165, 1.54) is 4.88 Å². The summed E-state index contributed by atoms with van der Waals surface area (Å²) < 4.78 is 0. The normalized spacial score (nSPS) is 12.2. The van der Waals surface area contributed by atoms with Crippen molar-refractivity contribution in [2.24, 2.45) is 4.99 Å². The van der Waals surface area contributed by atoms with Gasteiger partial charge in [-0.2, -0.15) is 0 Å². The van der Waals surface area contributed by atoms with Gasteiger partial charge in [0, 0.05) is 44.6 Å². The molecule has 5 heteroatoms. The summed E-state index contributed by atoms with van der Waals surface area (Å²) >= 11 is 1.82. The Hall–Kier alpha value is -1.07. The highest BCUT2D eigenvalue weighted by molar-refractivity contribution is 7.09. The van der Waals surface area contributed by atoms with Gasteiger partial charge in [0.05, 0.1) is 0 Å². The molecule has 0 aromatic carbocycles. The Labute approximate surface area is 133 Å². The molecule has 120 valence electrons. The third-order valence-corrected chi connectivity index (χ3v) is 4.60. The molecule has 0 amide bonds. The summed E-state index contributed by atoms with van der Waals surface area (Å²) in [5, 5.41) is 5.59. The van der Waals surface area contributed by atoms with E-state index in [1.807, 2.05) is 18.4 Å². The first-order valence-electron chi connectivity index (χ1n) is 7.76. The minimum absolute atomic E-state index is 0.593. The van der Waals surface area contributed by atoms with Crippen LogP contribution in [0.3, 0.4) is 0 Å². The molecule has 4 nitrogen and oxygen atoms in total. The van der Waals surface area contributed by atoms with E-state index in [-0.39, 0.29) is 0 Å². The van der Waals surface area contributed by atoms with Crippen LogP contribution in [0.1, 0.15) is 25.6 Å². The fourth-order valence-electron chi connectivity index (χ4n) is 2.32. The van der Waals surface area contributed by atoms with Gasteiger partial charge in [0.1, 0.15) is 0 Å². The zero-order chi connectivity index (χ0) is 15.7. The van der Waals surface area contributed by atoms with E-state index in [0.717, 1.165) is 38.6 Å². The fraction of sp³-hybridized carbons (Fsp3) is 0.688. The third-order valence-electron chi connectivity index (χ3n) is 3.67. The number of nitrogens with one attached hydrogen (secondary N) is 1. The first kappa shape index (κ1) is 18.0. The van der Waals surface area contributed by atoms with E-state index in [0.29, 0.717) is 6.04 Å². The van der Waals surface area contributed by atoms with Gasteiger partial charge in [-0.1, -0.05) is 13.0 Å². The number of rotatable bonds is 8. The van der Waals surface area contributed by atoms with Gasteiger partial charge < -0.3 is 10.2 Å². The van der Waals surface area contributed by atoms with Crippen LogP contribution in [0.4, 0.5) is 0 Å². The Morgan fingerprint density at radius 3 is 2.67 bits per heavy atom. The predicted octanol–water partition coefficient (Wildman–Crippen LogP) is 2.53. The molecule has 21 heavy (non-hydrogen) atoms. The molecule has 0 atom stereocenters. The van der Waals surface area contributed by atoms with Crippen molar-refractivity contribution in [3.05, 3.63) is 22.4 Å². The minimum Gasteiger partial charge on any atom is -0.355 e. The van der Waals surface area contributed by atoms with Crippen LogP contribution < -0.4 is 5.32 Å². The molecule has 0 unspecified atom stereocenters. The molecular weight excluding hydrogens is 280 g/mol. The predicted molar refractivity (Wildman–Crippen MR) is 94.4 cm³/mol. The molecule has 0 aliphatic heterocycles. The molecule has 1 aromatic heterocycles. The Bertz CT molecular complexity index is 400. The number of thiophene rings is 1. The first-order valence-corrected chi connectivity index (χ1v) is 8.64. The van der Waals surface area contributed by atoms with Crippen molar-refractivity contribution in [1.29, 1.82) is 0 Å². The van der Waals surface area contributed by atoms with Crippen LogP contribution in [0.2, 0.25) is 0 Å². The summed E-state index contributed by atoms with van der Waals surface area (Å²) in [4.78, 5) is 10.4. The lowest BCUT2D eigenvalue weighted by Gasteiger charge is -2.27. The second-order valence-electron chi connectivity index (χ2n) is 5.45. The molecule has 0 saturated carbocycles. The molecule has 1 N–H and O–H groups in total. The highest BCUT2D eigenvalue weighted by atomic mass is 32.1. The molecule has 0 radical (unpaired) electrons. The zero-order valence-corrected chi connectivity index (χ0v) is 14.9. The smallest absolute Gasteiger partial charge is 0.193 e. The number of aliphatic imine (C=N–C) groups is 1. The van der Waals surface area contributed by atoms with Crippen molar-refractivity contribution < 1.29 is 0 Å². The van der Waals surface area contributed by atoms with Gasteiger partial charge in [-0.25, -0.2) is 0 Å². The molecule has 1 aromatic rings. The maximum absolute atomic E-state index is 4.37. The second-order valence-corrected chi connectivity index (χ2v) is 6.48. The second kappa shape index (κ2) is 9.79. The monoisotopic (exact) mass is 310 g/mol. The first-order chi connectivity index (χ1) is 10.1. The van der Waals surface area contributed by atoms with Crippen LogP contribution in [0.5, 0.6) is 0 Å². The number of likely N-dealkylation sites (N-methyl/N-ethyl adjacent to an activating group) is 2. The SMILES string of the molecule is CCN(CCNC(=NC)N(C)CCc1cccs1)C(C)C. The summed E-state index contributed by atoms with van der Waals surface area (Å²) in [6.45, 7) is 10.8. The van der Waals surface area contributed by atoms with E-state index in [2.05, 4.69) is 65.4 Å². The summed E-state index contributed by atoms with van der Waals surface area (Å²) in [5.41, 5.74) is 0. The summed E-state index contributed by atoms with van der Waals surface area (Å²) in [6.07, 6.45) is 1.07. The van der Waals surface area contributed by atoms with Crippen molar-refractivity contribution in [2.45, 2.75) is 33.2 Å². The van der Waals surface area contributed by atoms with Crippen LogP contribution in [0.15, 0.2) is 22.5 Å². The van der Waals surface area contributed by atoms with Crippen LogP contribution in [-0.2, 0) is 6.42 Å². The largest absolute Gasteiger partial charge is 0.355 e. The van der Waals surface area contributed by atoms with Gasteiger partial charge in [0.25, 0.3) is 0 Å². The van der Waals surface area contributed by atoms with E-state index < -0.39 is 0 Å². The quantitative estimate of drug-likeness (QED) is 0.591. The maximum atomic E-state index is 4.37. The number of guanidine groups is 1. The molecule has 0 aliphatic rings. The van der Waals surface area contributed by atoms with Crippen LogP contribution in [-0.4, -0.2) is 62.1 Å². The number of hydrogen-bond donors (Lipinski definition) is 1. The third kappa shape index (κ3) is 6.48. The lowest BCUT2D eigenvalue weighted by molar-refractivity contribution is 0.236. The highest BCUT2D eigenvalue weighted by Crippen LogP contribution is 2.09. The van der Waals surface area contributed by atoms with Gasteiger partial charge in [-0.3, -0.25) is 9.89 Å². The van der Waals surface area contributed by atoms with Crippen molar-refractivity contribution in [2.75, 3.05) is 40.3 Å². The Kier molecular flexibility index (Phi) is 8.38. The average Bonchev–Trinajstić information content (AvgIpc) is 2.98. The fourth-order valence-corrected chi connectivity index (χ4v) is 3.01. The van der Waals surface area contributed by atoms with E-state index in [1.54, 1.807) is 0 Å². The molecule has 0 spiro atoms.